The van der Waals surface area contributed by atoms with Crippen LogP contribution in [0.3, 0.4) is 0 Å². The van der Waals surface area contributed by atoms with Gasteiger partial charge < -0.3 is 10.6 Å². The van der Waals surface area contributed by atoms with E-state index in [0.29, 0.717) is 5.56 Å². The van der Waals surface area contributed by atoms with Gasteiger partial charge in [0.15, 0.2) is 0 Å². The third-order valence-corrected chi connectivity index (χ3v) is 2.46. The maximum Gasteiger partial charge on any atom is 0.133 e. The summed E-state index contributed by atoms with van der Waals surface area (Å²) in [5.41, 5.74) is 0.609. The summed E-state index contributed by atoms with van der Waals surface area (Å²) >= 11 is 0. The van der Waals surface area contributed by atoms with E-state index in [9.17, 15) is 8.78 Å². The minimum atomic E-state index is -0.482. The van der Waals surface area contributed by atoms with E-state index in [1.165, 1.54) is 12.1 Å². The first-order valence-electron chi connectivity index (χ1n) is 5.45. The van der Waals surface area contributed by atoms with Gasteiger partial charge in [0.1, 0.15) is 11.6 Å². The Labute approximate surface area is 95.1 Å². The van der Waals surface area contributed by atoms with E-state index in [-0.39, 0.29) is 12.1 Å². The third-order valence-electron chi connectivity index (χ3n) is 2.46. The quantitative estimate of drug-likeness (QED) is 0.727. The van der Waals surface area contributed by atoms with Gasteiger partial charge in [0.05, 0.1) is 0 Å². The zero-order valence-corrected chi connectivity index (χ0v) is 9.74. The minimum absolute atomic E-state index is 0.129. The monoisotopic (exact) mass is 228 g/mol. The lowest BCUT2D eigenvalue weighted by atomic mass is 10.1. The molecule has 4 heteroatoms. The Morgan fingerprint density at radius 2 is 1.94 bits per heavy atom. The average molecular weight is 228 g/mol. The Morgan fingerprint density at radius 3 is 2.62 bits per heavy atom. The fourth-order valence-electron chi connectivity index (χ4n) is 1.48. The highest BCUT2D eigenvalue weighted by Crippen LogP contribution is 2.15. The van der Waals surface area contributed by atoms with Crippen molar-refractivity contribution in [1.29, 1.82) is 0 Å². The van der Waals surface area contributed by atoms with Crippen LogP contribution in [0.2, 0.25) is 0 Å². The fourth-order valence-corrected chi connectivity index (χ4v) is 1.48. The molecule has 0 amide bonds. The van der Waals surface area contributed by atoms with E-state index in [0.717, 1.165) is 19.5 Å². The number of rotatable bonds is 6. The van der Waals surface area contributed by atoms with Crippen LogP contribution in [0.15, 0.2) is 12.1 Å². The topological polar surface area (TPSA) is 24.1 Å². The van der Waals surface area contributed by atoms with Gasteiger partial charge in [0.2, 0.25) is 0 Å². The zero-order valence-electron chi connectivity index (χ0n) is 9.74. The second-order valence-electron chi connectivity index (χ2n) is 3.79. The Kier molecular flexibility index (Phi) is 5.35. The van der Waals surface area contributed by atoms with Crippen molar-refractivity contribution in [3.63, 3.8) is 0 Å². The van der Waals surface area contributed by atoms with Crippen LogP contribution in [0.1, 0.15) is 17.5 Å². The Morgan fingerprint density at radius 1 is 1.19 bits per heavy atom. The maximum absolute atomic E-state index is 13.5. The third kappa shape index (κ3) is 3.54. The molecule has 0 saturated heterocycles. The Balaban J connectivity index is 2.50. The van der Waals surface area contributed by atoms with Crippen LogP contribution in [-0.4, -0.2) is 20.1 Å². The first kappa shape index (κ1) is 13.1. The molecule has 0 fully saturated rings. The molecule has 2 nitrogen and oxygen atoms in total. The fraction of sp³-hybridized carbons (Fsp3) is 0.500. The molecule has 1 rings (SSSR count). The van der Waals surface area contributed by atoms with Crippen molar-refractivity contribution < 1.29 is 8.78 Å². The summed E-state index contributed by atoms with van der Waals surface area (Å²) < 4.78 is 26.9. The lowest BCUT2D eigenvalue weighted by Gasteiger charge is -2.08. The van der Waals surface area contributed by atoms with E-state index >= 15 is 0 Å². The first-order valence-corrected chi connectivity index (χ1v) is 5.45. The smallest absolute Gasteiger partial charge is 0.133 e. The summed E-state index contributed by atoms with van der Waals surface area (Å²) in [4.78, 5) is 0. The molecule has 0 heterocycles. The Bertz CT molecular complexity index is 340. The van der Waals surface area contributed by atoms with Gasteiger partial charge in [-0.25, -0.2) is 8.78 Å². The van der Waals surface area contributed by atoms with Gasteiger partial charge in [-0.15, -0.1) is 0 Å². The molecule has 0 saturated carbocycles. The number of hydrogen-bond acceptors (Lipinski definition) is 2. The first-order chi connectivity index (χ1) is 7.66. The van der Waals surface area contributed by atoms with E-state index in [2.05, 4.69) is 10.6 Å². The second kappa shape index (κ2) is 6.55. The zero-order chi connectivity index (χ0) is 12.0. The van der Waals surface area contributed by atoms with Crippen LogP contribution in [0.25, 0.3) is 0 Å². The van der Waals surface area contributed by atoms with Crippen molar-refractivity contribution in [2.45, 2.75) is 19.9 Å². The van der Waals surface area contributed by atoms with Gasteiger partial charge in [-0.2, -0.15) is 0 Å². The molecule has 16 heavy (non-hydrogen) atoms. The van der Waals surface area contributed by atoms with Gasteiger partial charge in [0, 0.05) is 12.1 Å². The van der Waals surface area contributed by atoms with Crippen molar-refractivity contribution in [3.8, 4) is 0 Å². The SMILES string of the molecule is CNCCCNCc1c(F)ccc(C)c1F. The van der Waals surface area contributed by atoms with E-state index < -0.39 is 11.6 Å². The van der Waals surface area contributed by atoms with Crippen molar-refractivity contribution in [1.82, 2.24) is 10.6 Å². The molecular weight excluding hydrogens is 210 g/mol. The molecule has 0 spiro atoms. The standard InChI is InChI=1S/C12H18F2N2/c1-9-4-5-11(13)10(12(9)14)8-16-7-3-6-15-2/h4-5,15-16H,3,6-8H2,1-2H3. The molecule has 1 aromatic carbocycles. The molecule has 2 N–H and O–H groups in total. The summed E-state index contributed by atoms with van der Waals surface area (Å²) in [5, 5.41) is 6.04. The van der Waals surface area contributed by atoms with Crippen LogP contribution >= 0.6 is 0 Å². The molecule has 0 aliphatic heterocycles. The predicted molar refractivity (Wildman–Crippen MR) is 61.3 cm³/mol. The summed E-state index contributed by atoms with van der Waals surface area (Å²) in [6, 6.07) is 2.76. The highest BCUT2D eigenvalue weighted by atomic mass is 19.1. The van der Waals surface area contributed by atoms with Crippen molar-refractivity contribution in [2.24, 2.45) is 0 Å². The van der Waals surface area contributed by atoms with Crippen molar-refractivity contribution >= 4 is 0 Å². The van der Waals surface area contributed by atoms with Gasteiger partial charge in [-0.1, -0.05) is 6.07 Å². The number of halogens is 2. The molecule has 0 aromatic heterocycles. The molecule has 0 aliphatic rings. The average Bonchev–Trinajstić information content (AvgIpc) is 2.28. The van der Waals surface area contributed by atoms with Crippen LogP contribution in [0.5, 0.6) is 0 Å². The largest absolute Gasteiger partial charge is 0.320 e. The summed E-state index contributed by atoms with van der Waals surface area (Å²) in [6.45, 7) is 3.52. The molecule has 0 bridgehead atoms. The van der Waals surface area contributed by atoms with Crippen LogP contribution in [-0.2, 0) is 6.54 Å². The van der Waals surface area contributed by atoms with Crippen molar-refractivity contribution in [3.05, 3.63) is 34.9 Å². The summed E-state index contributed by atoms with van der Waals surface area (Å²) in [5.74, 6) is -0.926. The molecule has 0 aliphatic carbocycles. The minimum Gasteiger partial charge on any atom is -0.320 e. The molecule has 90 valence electrons. The van der Waals surface area contributed by atoms with Gasteiger partial charge in [0.25, 0.3) is 0 Å². The van der Waals surface area contributed by atoms with Crippen LogP contribution in [0.4, 0.5) is 8.78 Å². The molecule has 0 unspecified atom stereocenters. The Hall–Kier alpha value is -1.00. The number of nitrogens with one attached hydrogen (secondary N) is 2. The number of aryl methyl sites for hydroxylation is 1. The molecule has 0 radical (unpaired) electrons. The second-order valence-corrected chi connectivity index (χ2v) is 3.79. The summed E-state index contributed by atoms with van der Waals surface area (Å²) in [6.07, 6.45) is 0.936. The van der Waals surface area contributed by atoms with Crippen molar-refractivity contribution in [2.75, 3.05) is 20.1 Å². The maximum atomic E-state index is 13.5. The van der Waals surface area contributed by atoms with E-state index in [1.54, 1.807) is 6.92 Å². The van der Waals surface area contributed by atoms with Gasteiger partial charge in [-0.05, 0) is 45.1 Å². The van der Waals surface area contributed by atoms with Crippen LogP contribution < -0.4 is 10.6 Å². The lowest BCUT2D eigenvalue weighted by molar-refractivity contribution is 0.526. The van der Waals surface area contributed by atoms with Gasteiger partial charge >= 0.3 is 0 Å². The van der Waals surface area contributed by atoms with Crippen LogP contribution in [0, 0.1) is 18.6 Å². The highest BCUT2D eigenvalue weighted by molar-refractivity contribution is 5.26. The number of hydrogen-bond donors (Lipinski definition) is 2. The van der Waals surface area contributed by atoms with Gasteiger partial charge in [-0.3, -0.25) is 0 Å². The lowest BCUT2D eigenvalue weighted by Crippen LogP contribution is -2.20. The highest BCUT2D eigenvalue weighted by Gasteiger charge is 2.10. The normalized spacial score (nSPS) is 10.8. The molecular formula is C12H18F2N2. The van der Waals surface area contributed by atoms with E-state index in [1.807, 2.05) is 7.05 Å². The van der Waals surface area contributed by atoms with E-state index in [4.69, 9.17) is 0 Å². The molecule has 0 atom stereocenters. The number of benzene rings is 1. The predicted octanol–water partition coefficient (Wildman–Crippen LogP) is 1.97. The molecule has 1 aromatic rings. The summed E-state index contributed by atoms with van der Waals surface area (Å²) in [7, 11) is 1.87.